The fourth-order valence-electron chi connectivity index (χ4n) is 13.6. The predicted molar refractivity (Wildman–Crippen MR) is 332 cm³/mol. The second-order valence-electron chi connectivity index (χ2n) is 21.4. The van der Waals surface area contributed by atoms with Gasteiger partial charge in [0.25, 0.3) is 0 Å². The lowest BCUT2D eigenvalue weighted by atomic mass is 9.84. The SMILES string of the molecule is Cc1cccc(C)c1-c1ccc2c(c1)c1ccc3ccccc3c1n2-c1c(Cl)c(-c2c(-c3c(C)cccc3C)ccc3c4ccccc4n(C)c23)cc(Cl)c1-c1c(-c2c(C)cccc2C)ccc2c3ccccc3n(C)c12. The molecule has 372 valence electrons. The molecule has 3 heterocycles. The third kappa shape index (κ3) is 6.83. The van der Waals surface area contributed by atoms with Gasteiger partial charge < -0.3 is 13.7 Å². The van der Waals surface area contributed by atoms with Gasteiger partial charge in [-0.2, -0.15) is 0 Å². The van der Waals surface area contributed by atoms with Crippen LogP contribution in [0.25, 0.3) is 138 Å². The number of hydrogen-bond acceptors (Lipinski definition) is 0. The van der Waals surface area contributed by atoms with Crippen molar-refractivity contribution < 1.29 is 0 Å². The van der Waals surface area contributed by atoms with Crippen LogP contribution >= 0.6 is 23.2 Å². The second-order valence-corrected chi connectivity index (χ2v) is 22.2. The normalized spacial score (nSPS) is 12.0. The van der Waals surface area contributed by atoms with Crippen molar-refractivity contribution in [2.24, 2.45) is 14.1 Å². The van der Waals surface area contributed by atoms with Crippen LogP contribution in [0.4, 0.5) is 0 Å². The molecule has 0 aliphatic rings. The fraction of sp³-hybridized carbons (Fsp3) is 0.111. The molecule has 0 aliphatic heterocycles. The smallest absolute Gasteiger partial charge is 0.0749 e. The Hall–Kier alpha value is -8.34. The molecule has 14 aromatic rings. The summed E-state index contributed by atoms with van der Waals surface area (Å²) in [5.41, 5.74) is 25.5. The van der Waals surface area contributed by atoms with E-state index in [2.05, 4.69) is 257 Å². The van der Waals surface area contributed by atoms with Crippen LogP contribution in [0.1, 0.15) is 33.4 Å². The first-order valence-corrected chi connectivity index (χ1v) is 27.4. The van der Waals surface area contributed by atoms with E-state index in [1.165, 1.54) is 66.4 Å². The number of aryl methyl sites for hydroxylation is 8. The molecular weight excluding hydrogens is 978 g/mol. The van der Waals surface area contributed by atoms with E-state index >= 15 is 0 Å². The third-order valence-electron chi connectivity index (χ3n) is 17.0. The Morgan fingerprint density at radius 3 is 1.35 bits per heavy atom. The first-order chi connectivity index (χ1) is 37.4. The van der Waals surface area contributed by atoms with E-state index in [1.807, 2.05) is 0 Å². The van der Waals surface area contributed by atoms with Crippen LogP contribution in [0.2, 0.25) is 10.0 Å². The van der Waals surface area contributed by atoms with Gasteiger partial charge in [-0.3, -0.25) is 0 Å². The van der Waals surface area contributed by atoms with Crippen LogP contribution in [0.5, 0.6) is 0 Å². The van der Waals surface area contributed by atoms with E-state index in [4.69, 9.17) is 23.2 Å². The number of aromatic nitrogens is 3. The summed E-state index contributed by atoms with van der Waals surface area (Å²) in [6, 6.07) is 69.1. The van der Waals surface area contributed by atoms with Gasteiger partial charge >= 0.3 is 0 Å². The first kappa shape index (κ1) is 47.1. The van der Waals surface area contributed by atoms with Gasteiger partial charge in [0.15, 0.2) is 0 Å². The third-order valence-corrected chi connectivity index (χ3v) is 17.7. The van der Waals surface area contributed by atoms with Gasteiger partial charge in [-0.05, 0) is 144 Å². The molecule has 0 radical (unpaired) electrons. The van der Waals surface area contributed by atoms with Gasteiger partial charge in [0.1, 0.15) is 0 Å². The fourth-order valence-corrected chi connectivity index (χ4v) is 14.3. The number of rotatable bonds is 6. The summed E-state index contributed by atoms with van der Waals surface area (Å²) in [6.07, 6.45) is 0. The highest BCUT2D eigenvalue weighted by atomic mass is 35.5. The Balaban J connectivity index is 1.24. The van der Waals surface area contributed by atoms with Crippen LogP contribution in [-0.4, -0.2) is 13.7 Å². The topological polar surface area (TPSA) is 14.8 Å². The Morgan fingerprint density at radius 2 is 0.779 bits per heavy atom. The summed E-state index contributed by atoms with van der Waals surface area (Å²) in [5.74, 6) is 0. The highest BCUT2D eigenvalue weighted by molar-refractivity contribution is 6.41. The van der Waals surface area contributed by atoms with Crippen LogP contribution < -0.4 is 0 Å². The average Bonchev–Trinajstić information content (AvgIpc) is 4.12. The number of nitrogens with zero attached hydrogens (tertiary/aromatic N) is 3. The number of halogens is 2. The van der Waals surface area contributed by atoms with Gasteiger partial charge in [-0.25, -0.2) is 0 Å². The molecule has 0 aliphatic carbocycles. The maximum atomic E-state index is 8.81. The summed E-state index contributed by atoms with van der Waals surface area (Å²) in [6.45, 7) is 13.3. The molecular formula is C72H55Cl2N3. The lowest BCUT2D eigenvalue weighted by Crippen LogP contribution is -2.05. The predicted octanol–water partition coefficient (Wildman–Crippen LogP) is 20.7. The molecule has 0 saturated carbocycles. The minimum absolute atomic E-state index is 0.607. The van der Waals surface area contributed by atoms with Crippen LogP contribution in [0, 0.1) is 41.5 Å². The Bertz CT molecular complexity index is 4800. The maximum absolute atomic E-state index is 8.81. The van der Waals surface area contributed by atoms with Gasteiger partial charge in [-0.15, -0.1) is 0 Å². The molecule has 0 atom stereocenters. The van der Waals surface area contributed by atoms with Crippen molar-refractivity contribution in [3.05, 3.63) is 231 Å². The number of para-hydroxylation sites is 2. The van der Waals surface area contributed by atoms with E-state index in [0.29, 0.717) is 10.0 Å². The second kappa shape index (κ2) is 17.6. The molecule has 0 spiro atoms. The van der Waals surface area contributed by atoms with Crippen LogP contribution in [0.15, 0.2) is 188 Å². The highest BCUT2D eigenvalue weighted by Gasteiger charge is 2.32. The minimum atomic E-state index is 0.607. The molecule has 0 bridgehead atoms. The molecule has 3 nitrogen and oxygen atoms in total. The van der Waals surface area contributed by atoms with E-state index < -0.39 is 0 Å². The van der Waals surface area contributed by atoms with Crippen molar-refractivity contribution in [3.8, 4) is 61.3 Å². The van der Waals surface area contributed by atoms with Gasteiger partial charge in [0.2, 0.25) is 0 Å². The van der Waals surface area contributed by atoms with Gasteiger partial charge in [0, 0.05) is 85.1 Å². The zero-order chi connectivity index (χ0) is 52.7. The molecule has 14 rings (SSSR count). The zero-order valence-corrected chi connectivity index (χ0v) is 46.0. The summed E-state index contributed by atoms with van der Waals surface area (Å²) in [5, 5.41) is 10.4. The highest BCUT2D eigenvalue weighted by Crippen LogP contribution is 2.55. The summed E-state index contributed by atoms with van der Waals surface area (Å²) < 4.78 is 7.20. The summed E-state index contributed by atoms with van der Waals surface area (Å²) in [4.78, 5) is 0. The molecule has 0 unspecified atom stereocenters. The van der Waals surface area contributed by atoms with E-state index in [1.54, 1.807) is 0 Å². The lowest BCUT2D eigenvalue weighted by molar-refractivity contribution is 1.01. The van der Waals surface area contributed by atoms with Crippen LogP contribution in [-0.2, 0) is 14.1 Å². The number of benzene rings is 11. The molecule has 11 aromatic carbocycles. The molecule has 77 heavy (non-hydrogen) atoms. The Labute approximate surface area is 458 Å². The van der Waals surface area contributed by atoms with Crippen molar-refractivity contribution in [2.75, 3.05) is 0 Å². The number of hydrogen-bond donors (Lipinski definition) is 0. The zero-order valence-electron chi connectivity index (χ0n) is 44.5. The largest absolute Gasteiger partial charge is 0.343 e. The van der Waals surface area contributed by atoms with Crippen LogP contribution in [0.3, 0.4) is 0 Å². The van der Waals surface area contributed by atoms with Crippen molar-refractivity contribution in [1.29, 1.82) is 0 Å². The van der Waals surface area contributed by atoms with Crippen molar-refractivity contribution >= 4 is 99.4 Å². The maximum Gasteiger partial charge on any atom is 0.0749 e. The molecule has 0 amide bonds. The van der Waals surface area contributed by atoms with Crippen molar-refractivity contribution in [1.82, 2.24) is 13.7 Å². The first-order valence-electron chi connectivity index (χ1n) is 26.6. The molecule has 0 saturated heterocycles. The average molecular weight is 1030 g/mol. The molecule has 0 fully saturated rings. The lowest BCUT2D eigenvalue weighted by Gasteiger charge is -2.25. The van der Waals surface area contributed by atoms with E-state index in [0.717, 1.165) is 104 Å². The van der Waals surface area contributed by atoms with E-state index in [-0.39, 0.29) is 0 Å². The molecule has 3 aromatic heterocycles. The van der Waals surface area contributed by atoms with Gasteiger partial charge in [-0.1, -0.05) is 181 Å². The summed E-state index contributed by atoms with van der Waals surface area (Å²) in [7, 11) is 4.39. The van der Waals surface area contributed by atoms with Crippen molar-refractivity contribution in [3.63, 3.8) is 0 Å². The Morgan fingerprint density at radius 1 is 0.312 bits per heavy atom. The standard InChI is InChI=1S/C72H55Cl2N3/c1-40-18-15-19-41(2)62(40)47-31-37-61-56(38-47)53-32-30-46-24-9-10-25-48(46)69(53)77(61)72-67(66-55(64-44(5)22-17-23-45(64)6)36-34-52-50-27-12-14-29-60(50)76(8)71(52)66)58(73)39-57(68(72)74)65-54(63-42(3)20-16-21-43(63)4)35-33-51-49-26-11-13-28-59(49)75(7)70(51)65/h9-39H,1-8H3. The minimum Gasteiger partial charge on any atom is -0.343 e. The summed E-state index contributed by atoms with van der Waals surface area (Å²) >= 11 is 17.3. The Kier molecular flexibility index (Phi) is 10.8. The van der Waals surface area contributed by atoms with Crippen molar-refractivity contribution in [2.45, 2.75) is 41.5 Å². The van der Waals surface area contributed by atoms with Gasteiger partial charge in [0.05, 0.1) is 37.8 Å². The number of fused-ring (bicyclic) bond motifs is 11. The monoisotopic (exact) mass is 1030 g/mol. The molecule has 0 N–H and O–H groups in total. The quantitative estimate of drug-likeness (QED) is 0.158. The molecule has 5 heteroatoms. The van der Waals surface area contributed by atoms with E-state index in [9.17, 15) is 0 Å².